The number of hydrogen-bond donors (Lipinski definition) is 0. The third-order valence-corrected chi connectivity index (χ3v) is 4.11. The van der Waals surface area contributed by atoms with Crippen molar-refractivity contribution < 1.29 is 14.3 Å². The predicted molar refractivity (Wildman–Crippen MR) is 91.9 cm³/mol. The van der Waals surface area contributed by atoms with Gasteiger partial charge in [0, 0.05) is 30.8 Å². The molecule has 0 atom stereocenters. The minimum Gasteiger partial charge on any atom is -0.494 e. The molecule has 0 saturated carbocycles. The molecule has 1 aromatic rings. The molecule has 23 heavy (non-hydrogen) atoms. The second-order valence-corrected chi connectivity index (χ2v) is 6.01. The van der Waals surface area contributed by atoms with Crippen molar-refractivity contribution in [3.8, 4) is 5.75 Å². The molecule has 2 rings (SSSR count). The Morgan fingerprint density at radius 3 is 2.52 bits per heavy atom. The Labute approximate surface area is 139 Å². The van der Waals surface area contributed by atoms with Gasteiger partial charge in [-0.25, -0.2) is 0 Å². The van der Waals surface area contributed by atoms with Gasteiger partial charge in [0.25, 0.3) is 5.91 Å². The van der Waals surface area contributed by atoms with E-state index in [0.717, 1.165) is 55.8 Å². The largest absolute Gasteiger partial charge is 0.494 e. The summed E-state index contributed by atoms with van der Waals surface area (Å²) >= 11 is 0. The second-order valence-electron chi connectivity index (χ2n) is 6.01. The van der Waals surface area contributed by atoms with Gasteiger partial charge in [0.2, 0.25) is 0 Å². The quantitative estimate of drug-likeness (QED) is 0.712. The van der Waals surface area contributed by atoms with Crippen molar-refractivity contribution in [2.24, 2.45) is 0 Å². The van der Waals surface area contributed by atoms with E-state index in [-0.39, 0.29) is 5.91 Å². The van der Waals surface area contributed by atoms with Crippen LogP contribution < -0.4 is 4.74 Å². The van der Waals surface area contributed by atoms with Gasteiger partial charge >= 0.3 is 0 Å². The molecule has 0 aromatic heterocycles. The Kier molecular flexibility index (Phi) is 7.40. The van der Waals surface area contributed by atoms with E-state index in [4.69, 9.17) is 9.47 Å². The van der Waals surface area contributed by atoms with Gasteiger partial charge in [-0.3, -0.25) is 4.79 Å². The van der Waals surface area contributed by atoms with Crippen molar-refractivity contribution in [1.82, 2.24) is 4.90 Å². The van der Waals surface area contributed by atoms with Gasteiger partial charge in [0.05, 0.1) is 13.2 Å². The minimum atomic E-state index is 0.131. The minimum absolute atomic E-state index is 0.131. The van der Waals surface area contributed by atoms with Crippen LogP contribution in [0.25, 0.3) is 0 Å². The molecule has 0 radical (unpaired) electrons. The van der Waals surface area contributed by atoms with Crippen LogP contribution in [0, 0.1) is 0 Å². The third kappa shape index (κ3) is 5.24. The molecule has 1 fully saturated rings. The molecular formula is C19H29NO3. The summed E-state index contributed by atoms with van der Waals surface area (Å²) in [5, 5.41) is 0. The maximum absolute atomic E-state index is 12.7. The molecule has 0 N–H and O–H groups in total. The van der Waals surface area contributed by atoms with Crippen LogP contribution in [0.4, 0.5) is 0 Å². The van der Waals surface area contributed by atoms with Gasteiger partial charge in [-0.15, -0.1) is 0 Å². The average Bonchev–Trinajstić information content (AvgIpc) is 2.85. The summed E-state index contributed by atoms with van der Waals surface area (Å²) < 4.78 is 11.3. The van der Waals surface area contributed by atoms with Crippen LogP contribution in [-0.4, -0.2) is 37.1 Å². The number of benzene rings is 1. The number of likely N-dealkylation sites (tertiary alicyclic amines) is 1. The lowest BCUT2D eigenvalue weighted by atomic mass is 10.1. The summed E-state index contributed by atoms with van der Waals surface area (Å²) in [7, 11) is 0. The number of hydrogen-bond acceptors (Lipinski definition) is 3. The molecule has 4 nitrogen and oxygen atoms in total. The van der Waals surface area contributed by atoms with E-state index in [1.807, 2.05) is 30.0 Å². The van der Waals surface area contributed by atoms with E-state index in [2.05, 4.69) is 6.92 Å². The second kappa shape index (κ2) is 9.56. The van der Waals surface area contributed by atoms with Gasteiger partial charge in [-0.1, -0.05) is 19.8 Å². The molecule has 1 aliphatic rings. The molecule has 0 spiro atoms. The molecule has 1 aliphatic heterocycles. The highest BCUT2D eigenvalue weighted by Gasteiger charge is 2.18. The number of nitrogens with zero attached hydrogens (tertiary/aromatic N) is 1. The average molecular weight is 319 g/mol. The highest BCUT2D eigenvalue weighted by Crippen LogP contribution is 2.23. The summed E-state index contributed by atoms with van der Waals surface area (Å²) in [5.74, 6) is 0.947. The van der Waals surface area contributed by atoms with Gasteiger partial charge in [-0.05, 0) is 44.4 Å². The molecule has 1 aromatic carbocycles. The Morgan fingerprint density at radius 1 is 1.13 bits per heavy atom. The molecular weight excluding hydrogens is 290 g/mol. The Bertz CT molecular complexity index is 493. The normalized spacial score (nSPS) is 15.3. The van der Waals surface area contributed by atoms with E-state index in [1.54, 1.807) is 0 Å². The first-order valence-corrected chi connectivity index (χ1v) is 8.89. The molecule has 128 valence electrons. The SMILES string of the molecule is CCCOCc1cc(C(=O)N2CCCCCC2)ccc1OCC. The number of rotatable bonds is 7. The highest BCUT2D eigenvalue weighted by molar-refractivity contribution is 5.94. The molecule has 1 saturated heterocycles. The highest BCUT2D eigenvalue weighted by atomic mass is 16.5. The molecule has 1 heterocycles. The molecule has 0 unspecified atom stereocenters. The summed E-state index contributed by atoms with van der Waals surface area (Å²) in [5.41, 5.74) is 1.70. The lowest BCUT2D eigenvalue weighted by molar-refractivity contribution is 0.0761. The smallest absolute Gasteiger partial charge is 0.253 e. The van der Waals surface area contributed by atoms with Crippen LogP contribution in [0.3, 0.4) is 0 Å². The van der Waals surface area contributed by atoms with Gasteiger partial charge in [0.15, 0.2) is 0 Å². The maximum Gasteiger partial charge on any atom is 0.253 e. The van der Waals surface area contributed by atoms with Crippen LogP contribution in [0.15, 0.2) is 18.2 Å². The number of amides is 1. The Hall–Kier alpha value is -1.55. The molecule has 4 heteroatoms. The van der Waals surface area contributed by atoms with Crippen molar-refractivity contribution in [3.05, 3.63) is 29.3 Å². The van der Waals surface area contributed by atoms with Crippen molar-refractivity contribution in [2.75, 3.05) is 26.3 Å². The number of ether oxygens (including phenoxy) is 2. The first-order chi connectivity index (χ1) is 11.3. The van der Waals surface area contributed by atoms with E-state index < -0.39 is 0 Å². The van der Waals surface area contributed by atoms with E-state index >= 15 is 0 Å². The lowest BCUT2D eigenvalue weighted by Crippen LogP contribution is -2.31. The fourth-order valence-electron chi connectivity index (χ4n) is 2.90. The summed E-state index contributed by atoms with van der Waals surface area (Å²) in [6.45, 7) is 7.61. The summed E-state index contributed by atoms with van der Waals surface area (Å²) in [4.78, 5) is 14.7. The van der Waals surface area contributed by atoms with Gasteiger partial charge in [-0.2, -0.15) is 0 Å². The lowest BCUT2D eigenvalue weighted by Gasteiger charge is -2.21. The third-order valence-electron chi connectivity index (χ3n) is 4.11. The van der Waals surface area contributed by atoms with Crippen molar-refractivity contribution in [1.29, 1.82) is 0 Å². The first-order valence-electron chi connectivity index (χ1n) is 8.89. The van der Waals surface area contributed by atoms with E-state index in [1.165, 1.54) is 12.8 Å². The maximum atomic E-state index is 12.7. The Morgan fingerprint density at radius 2 is 1.87 bits per heavy atom. The van der Waals surface area contributed by atoms with Crippen LogP contribution in [0.2, 0.25) is 0 Å². The topological polar surface area (TPSA) is 38.8 Å². The van der Waals surface area contributed by atoms with E-state index in [9.17, 15) is 4.79 Å². The van der Waals surface area contributed by atoms with Crippen LogP contribution >= 0.6 is 0 Å². The summed E-state index contributed by atoms with van der Waals surface area (Å²) in [6.07, 6.45) is 5.65. The zero-order valence-corrected chi connectivity index (χ0v) is 14.5. The van der Waals surface area contributed by atoms with Crippen LogP contribution in [-0.2, 0) is 11.3 Å². The fraction of sp³-hybridized carbons (Fsp3) is 0.632. The molecule has 0 aliphatic carbocycles. The van der Waals surface area contributed by atoms with E-state index in [0.29, 0.717) is 13.2 Å². The standard InChI is InChI=1S/C19H29NO3/c1-3-13-22-15-17-14-16(9-10-18(17)23-4-2)19(21)20-11-7-5-6-8-12-20/h9-10,14H,3-8,11-13,15H2,1-2H3. The van der Waals surface area contributed by atoms with Gasteiger partial charge < -0.3 is 14.4 Å². The van der Waals surface area contributed by atoms with Crippen molar-refractivity contribution >= 4 is 5.91 Å². The fourth-order valence-corrected chi connectivity index (χ4v) is 2.90. The van der Waals surface area contributed by atoms with Crippen molar-refractivity contribution in [3.63, 3.8) is 0 Å². The number of carbonyl (C=O) groups excluding carboxylic acids is 1. The number of carbonyl (C=O) groups is 1. The molecule has 1 amide bonds. The summed E-state index contributed by atoms with van der Waals surface area (Å²) in [6, 6.07) is 5.72. The predicted octanol–water partition coefficient (Wildman–Crippen LogP) is 4.03. The first kappa shape index (κ1) is 17.8. The van der Waals surface area contributed by atoms with Crippen LogP contribution in [0.5, 0.6) is 5.75 Å². The Balaban J connectivity index is 2.13. The zero-order chi connectivity index (χ0) is 16.5. The zero-order valence-electron chi connectivity index (χ0n) is 14.5. The van der Waals surface area contributed by atoms with Gasteiger partial charge in [0.1, 0.15) is 5.75 Å². The van der Waals surface area contributed by atoms with Crippen LogP contribution in [0.1, 0.15) is 61.9 Å². The molecule has 0 bridgehead atoms. The monoisotopic (exact) mass is 319 g/mol. The van der Waals surface area contributed by atoms with Crippen molar-refractivity contribution in [2.45, 2.75) is 52.6 Å².